The fourth-order valence-electron chi connectivity index (χ4n) is 1.92. The van der Waals surface area contributed by atoms with Crippen LogP contribution in [0.2, 0.25) is 0 Å². The maximum Gasteiger partial charge on any atom is 0.216 e. The fourth-order valence-corrected chi connectivity index (χ4v) is 2.10. The molecule has 2 aromatic heterocycles. The van der Waals surface area contributed by atoms with Crippen LogP contribution in [-0.2, 0) is 0 Å². The van der Waals surface area contributed by atoms with Crippen molar-refractivity contribution in [1.29, 1.82) is 0 Å². The van der Waals surface area contributed by atoms with E-state index in [-0.39, 0.29) is 0 Å². The Labute approximate surface area is 132 Å². The van der Waals surface area contributed by atoms with E-state index < -0.39 is 0 Å². The van der Waals surface area contributed by atoms with Crippen LogP contribution in [0.1, 0.15) is 5.69 Å². The average Bonchev–Trinajstić information content (AvgIpc) is 2.95. The predicted molar refractivity (Wildman–Crippen MR) is 86.6 cm³/mol. The first-order chi connectivity index (χ1) is 10.8. The monoisotopic (exact) mass is 311 g/mol. The zero-order valence-corrected chi connectivity index (χ0v) is 12.6. The maximum atomic E-state index is 5.23. The third-order valence-electron chi connectivity index (χ3n) is 2.97. The van der Waals surface area contributed by atoms with Crippen LogP contribution in [-0.4, -0.2) is 33.2 Å². The summed E-state index contributed by atoms with van der Waals surface area (Å²) >= 11 is 5.23. The molecule has 3 rings (SSSR count). The van der Waals surface area contributed by atoms with Crippen LogP contribution in [0.15, 0.2) is 53.8 Å². The first-order valence-electron chi connectivity index (χ1n) is 6.55. The van der Waals surface area contributed by atoms with Crippen LogP contribution in [0.5, 0.6) is 5.75 Å². The van der Waals surface area contributed by atoms with Gasteiger partial charge in [0, 0.05) is 11.8 Å². The summed E-state index contributed by atoms with van der Waals surface area (Å²) in [6.07, 6.45) is 3.34. The summed E-state index contributed by atoms with van der Waals surface area (Å²) < 4.78 is 7.19. The van der Waals surface area contributed by atoms with Crippen LogP contribution in [0.4, 0.5) is 0 Å². The molecular weight excluding hydrogens is 298 g/mol. The molecule has 7 heteroatoms. The first kappa shape index (κ1) is 14.2. The molecule has 0 fully saturated rings. The number of hydrogen-bond donors (Lipinski definition) is 1. The Balaban J connectivity index is 2.01. The molecule has 2 heterocycles. The van der Waals surface area contributed by atoms with Crippen LogP contribution >= 0.6 is 12.2 Å². The molecule has 0 aliphatic rings. The Hall–Kier alpha value is -2.80. The highest BCUT2D eigenvalue weighted by Crippen LogP contribution is 2.22. The topological polar surface area (TPSA) is 68.1 Å². The van der Waals surface area contributed by atoms with Crippen molar-refractivity contribution >= 4 is 18.4 Å². The summed E-state index contributed by atoms with van der Waals surface area (Å²) in [5, 5.41) is 11.3. The van der Waals surface area contributed by atoms with Gasteiger partial charge in [0.05, 0.1) is 19.0 Å². The van der Waals surface area contributed by atoms with E-state index in [1.807, 2.05) is 42.5 Å². The second kappa shape index (κ2) is 6.31. The number of ether oxygens (including phenoxy) is 1. The highest BCUT2D eigenvalue weighted by Gasteiger charge is 2.08. The Morgan fingerprint density at radius 1 is 1.27 bits per heavy atom. The molecule has 110 valence electrons. The highest BCUT2D eigenvalue weighted by atomic mass is 32.1. The summed E-state index contributed by atoms with van der Waals surface area (Å²) in [6.45, 7) is 0. The summed E-state index contributed by atoms with van der Waals surface area (Å²) in [7, 11) is 1.62. The van der Waals surface area contributed by atoms with Gasteiger partial charge in [0.2, 0.25) is 4.77 Å². The van der Waals surface area contributed by atoms with E-state index in [2.05, 4.69) is 20.3 Å². The van der Waals surface area contributed by atoms with Crippen molar-refractivity contribution in [3.05, 3.63) is 59.1 Å². The SMILES string of the molecule is COc1cccc(-c2n[nH]c(=S)n2/N=C/c2ccccn2)c1. The Morgan fingerprint density at radius 3 is 2.95 bits per heavy atom. The van der Waals surface area contributed by atoms with Gasteiger partial charge in [-0.15, -0.1) is 0 Å². The van der Waals surface area contributed by atoms with Crippen LogP contribution in [0, 0.1) is 4.77 Å². The molecule has 0 amide bonds. The Morgan fingerprint density at radius 2 is 2.18 bits per heavy atom. The number of aromatic amines is 1. The molecule has 3 aromatic rings. The lowest BCUT2D eigenvalue weighted by molar-refractivity contribution is 0.415. The van der Waals surface area contributed by atoms with E-state index >= 15 is 0 Å². The van der Waals surface area contributed by atoms with Crippen molar-refractivity contribution in [3.63, 3.8) is 0 Å². The largest absolute Gasteiger partial charge is 0.497 e. The molecule has 0 spiro atoms. The van der Waals surface area contributed by atoms with Crippen LogP contribution in [0.25, 0.3) is 11.4 Å². The summed E-state index contributed by atoms with van der Waals surface area (Å²) in [5.41, 5.74) is 1.59. The van der Waals surface area contributed by atoms with Gasteiger partial charge >= 0.3 is 0 Å². The zero-order valence-electron chi connectivity index (χ0n) is 11.8. The molecule has 0 saturated heterocycles. The number of H-pyrrole nitrogens is 1. The summed E-state index contributed by atoms with van der Waals surface area (Å²) in [6, 6.07) is 13.1. The molecule has 0 aliphatic carbocycles. The minimum absolute atomic E-state index is 0.407. The Kier molecular flexibility index (Phi) is 4.06. The van der Waals surface area contributed by atoms with Gasteiger partial charge in [-0.05, 0) is 36.5 Å². The maximum absolute atomic E-state index is 5.23. The fraction of sp³-hybridized carbons (Fsp3) is 0.0667. The van der Waals surface area contributed by atoms with Gasteiger partial charge in [-0.2, -0.15) is 14.9 Å². The summed E-state index contributed by atoms with van der Waals surface area (Å²) in [5.74, 6) is 1.35. The van der Waals surface area contributed by atoms with Gasteiger partial charge in [-0.1, -0.05) is 18.2 Å². The van der Waals surface area contributed by atoms with E-state index in [1.165, 1.54) is 0 Å². The van der Waals surface area contributed by atoms with Gasteiger partial charge in [-0.3, -0.25) is 4.98 Å². The lowest BCUT2D eigenvalue weighted by atomic mass is 10.2. The van der Waals surface area contributed by atoms with Gasteiger partial charge in [0.15, 0.2) is 5.82 Å². The third kappa shape index (κ3) is 2.94. The predicted octanol–water partition coefficient (Wildman–Crippen LogP) is 2.89. The van der Waals surface area contributed by atoms with E-state index in [0.717, 1.165) is 17.0 Å². The number of benzene rings is 1. The van der Waals surface area contributed by atoms with Crippen molar-refractivity contribution in [1.82, 2.24) is 19.9 Å². The van der Waals surface area contributed by atoms with Gasteiger partial charge in [0.1, 0.15) is 5.75 Å². The molecule has 1 N–H and O–H groups in total. The first-order valence-corrected chi connectivity index (χ1v) is 6.96. The van der Waals surface area contributed by atoms with Crippen molar-refractivity contribution in [2.75, 3.05) is 7.11 Å². The zero-order chi connectivity index (χ0) is 15.4. The Bertz CT molecular complexity index is 854. The third-order valence-corrected chi connectivity index (χ3v) is 3.24. The number of methoxy groups -OCH3 is 1. The molecule has 0 radical (unpaired) electrons. The standard InChI is InChI=1S/C15H13N5OS/c1-21-13-7-4-5-11(9-13)14-18-19-15(22)20(14)17-10-12-6-2-3-8-16-12/h2-10H,1H3,(H,19,22)/b17-10+. The van der Waals surface area contributed by atoms with E-state index in [0.29, 0.717) is 10.6 Å². The van der Waals surface area contributed by atoms with Crippen LogP contribution < -0.4 is 4.74 Å². The second-order valence-corrected chi connectivity index (χ2v) is 4.78. The average molecular weight is 311 g/mol. The van der Waals surface area contributed by atoms with Crippen molar-refractivity contribution in [2.45, 2.75) is 0 Å². The number of rotatable bonds is 4. The molecule has 22 heavy (non-hydrogen) atoms. The lowest BCUT2D eigenvalue weighted by Gasteiger charge is -2.03. The number of hydrogen-bond acceptors (Lipinski definition) is 5. The number of aromatic nitrogens is 4. The van der Waals surface area contributed by atoms with Crippen molar-refractivity contribution in [3.8, 4) is 17.1 Å². The molecule has 6 nitrogen and oxygen atoms in total. The second-order valence-electron chi connectivity index (χ2n) is 4.40. The molecular formula is C15H13N5OS. The number of pyridine rings is 1. The number of nitrogens with zero attached hydrogens (tertiary/aromatic N) is 4. The molecule has 0 aliphatic heterocycles. The molecule has 1 aromatic carbocycles. The van der Waals surface area contributed by atoms with Gasteiger partial charge in [-0.25, -0.2) is 5.10 Å². The van der Waals surface area contributed by atoms with Gasteiger partial charge in [0.25, 0.3) is 0 Å². The minimum Gasteiger partial charge on any atom is -0.497 e. The molecule has 0 atom stereocenters. The lowest BCUT2D eigenvalue weighted by Crippen LogP contribution is -1.96. The van der Waals surface area contributed by atoms with E-state index in [9.17, 15) is 0 Å². The van der Waals surface area contributed by atoms with Crippen LogP contribution in [0.3, 0.4) is 0 Å². The van der Waals surface area contributed by atoms with Crippen molar-refractivity contribution < 1.29 is 4.74 Å². The molecule has 0 unspecified atom stereocenters. The van der Waals surface area contributed by atoms with Gasteiger partial charge < -0.3 is 4.74 Å². The smallest absolute Gasteiger partial charge is 0.216 e. The van der Waals surface area contributed by atoms with E-state index in [4.69, 9.17) is 17.0 Å². The minimum atomic E-state index is 0.407. The highest BCUT2D eigenvalue weighted by molar-refractivity contribution is 7.71. The molecule has 0 saturated carbocycles. The normalized spacial score (nSPS) is 11.0. The quantitative estimate of drug-likeness (QED) is 0.594. The molecule has 0 bridgehead atoms. The van der Waals surface area contributed by atoms with Crippen molar-refractivity contribution in [2.24, 2.45) is 5.10 Å². The summed E-state index contributed by atoms with van der Waals surface area (Å²) in [4.78, 5) is 4.19. The van der Waals surface area contributed by atoms with E-state index in [1.54, 1.807) is 24.2 Å². The number of nitrogens with one attached hydrogen (secondary N) is 1.